The van der Waals surface area contributed by atoms with Gasteiger partial charge in [-0.3, -0.25) is 0 Å². The summed E-state index contributed by atoms with van der Waals surface area (Å²) in [4.78, 5) is 1.18. The van der Waals surface area contributed by atoms with Crippen LogP contribution < -0.4 is 0 Å². The topological polar surface area (TPSA) is 0 Å². The number of terminal acetylenes is 1. The summed E-state index contributed by atoms with van der Waals surface area (Å²) in [6, 6.07) is 0. The molecular formula is C6H8S. The molecule has 0 bridgehead atoms. The Balaban J connectivity index is 3.56. The minimum atomic E-state index is 1.18. The molecular weight excluding hydrogens is 104 g/mol. The van der Waals surface area contributed by atoms with Crippen molar-refractivity contribution in [3.63, 3.8) is 0 Å². The highest BCUT2D eigenvalue weighted by Gasteiger charge is 1.75. The second-order valence-electron chi connectivity index (χ2n) is 1.13. The van der Waals surface area contributed by atoms with Crippen LogP contribution in [0.15, 0.2) is 11.0 Å². The van der Waals surface area contributed by atoms with Crippen LogP contribution in [-0.4, -0.2) is 6.26 Å². The maximum absolute atomic E-state index is 4.97. The van der Waals surface area contributed by atoms with Gasteiger partial charge in [0.2, 0.25) is 0 Å². The largest absolute Gasteiger partial charge is 0.134 e. The van der Waals surface area contributed by atoms with Crippen molar-refractivity contribution >= 4 is 11.8 Å². The molecule has 1 heteroatoms. The minimum absolute atomic E-state index is 1.18. The zero-order chi connectivity index (χ0) is 5.70. The molecule has 0 radical (unpaired) electrons. The number of hydrogen-bond acceptors (Lipinski definition) is 1. The second-order valence-corrected chi connectivity index (χ2v) is 2.18. The summed E-state index contributed by atoms with van der Waals surface area (Å²) in [7, 11) is 0. The van der Waals surface area contributed by atoms with Gasteiger partial charge in [0.15, 0.2) is 0 Å². The molecule has 0 aromatic rings. The van der Waals surface area contributed by atoms with Gasteiger partial charge in [-0.15, -0.1) is 18.2 Å². The minimum Gasteiger partial charge on any atom is -0.134 e. The highest BCUT2D eigenvalue weighted by atomic mass is 32.2. The normalized spacial score (nSPS) is 10.7. The summed E-state index contributed by atoms with van der Waals surface area (Å²) >= 11 is 1.67. The Bertz CT molecular complexity index is 106. The molecule has 38 valence electrons. The molecule has 0 unspecified atom stereocenters. The Morgan fingerprint density at radius 3 is 2.57 bits per heavy atom. The van der Waals surface area contributed by atoms with Gasteiger partial charge >= 0.3 is 0 Å². The monoisotopic (exact) mass is 112 g/mol. The highest BCUT2D eigenvalue weighted by molar-refractivity contribution is 8.02. The number of hydrogen-bond donors (Lipinski definition) is 0. The number of allylic oxidation sites excluding steroid dienone is 2. The van der Waals surface area contributed by atoms with E-state index in [1.165, 1.54) is 4.91 Å². The van der Waals surface area contributed by atoms with Crippen molar-refractivity contribution in [2.24, 2.45) is 0 Å². The van der Waals surface area contributed by atoms with E-state index >= 15 is 0 Å². The van der Waals surface area contributed by atoms with Crippen molar-refractivity contribution in [3.05, 3.63) is 11.0 Å². The predicted molar refractivity (Wildman–Crippen MR) is 36.1 cm³/mol. The van der Waals surface area contributed by atoms with Crippen LogP contribution >= 0.6 is 11.8 Å². The molecule has 0 aliphatic carbocycles. The Labute approximate surface area is 49.0 Å². The molecule has 0 atom stereocenters. The van der Waals surface area contributed by atoms with Crippen LogP contribution in [0.25, 0.3) is 0 Å². The van der Waals surface area contributed by atoms with Gasteiger partial charge in [-0.1, -0.05) is 5.92 Å². The second kappa shape index (κ2) is 3.83. The molecule has 0 N–H and O–H groups in total. The third-order valence-electron chi connectivity index (χ3n) is 0.609. The zero-order valence-electron chi connectivity index (χ0n) is 4.56. The molecule has 0 amide bonds. The van der Waals surface area contributed by atoms with Crippen LogP contribution in [0.1, 0.15) is 6.92 Å². The first kappa shape index (κ1) is 6.65. The van der Waals surface area contributed by atoms with Crippen LogP contribution in [0.3, 0.4) is 0 Å². The van der Waals surface area contributed by atoms with Crippen molar-refractivity contribution in [1.82, 2.24) is 0 Å². The summed E-state index contributed by atoms with van der Waals surface area (Å²) in [5, 5.41) is 0. The van der Waals surface area contributed by atoms with Crippen LogP contribution in [-0.2, 0) is 0 Å². The average Bonchev–Trinajstić information content (AvgIpc) is 1.68. The molecule has 7 heavy (non-hydrogen) atoms. The van der Waals surface area contributed by atoms with Gasteiger partial charge in [-0.25, -0.2) is 0 Å². The van der Waals surface area contributed by atoms with Crippen molar-refractivity contribution < 1.29 is 0 Å². The van der Waals surface area contributed by atoms with Crippen molar-refractivity contribution in [1.29, 1.82) is 0 Å². The van der Waals surface area contributed by atoms with Gasteiger partial charge in [0.05, 0.1) is 0 Å². The van der Waals surface area contributed by atoms with Gasteiger partial charge < -0.3 is 0 Å². The predicted octanol–water partition coefficient (Wildman–Crippen LogP) is 1.89. The molecule has 0 nitrogen and oxygen atoms in total. The average molecular weight is 112 g/mol. The van der Waals surface area contributed by atoms with Gasteiger partial charge in [0.1, 0.15) is 0 Å². The lowest BCUT2D eigenvalue weighted by Crippen LogP contribution is -1.58. The summed E-state index contributed by atoms with van der Waals surface area (Å²) in [6.45, 7) is 1.99. The lowest BCUT2D eigenvalue weighted by molar-refractivity contribution is 1.70. The maximum Gasteiger partial charge on any atom is -0.00292 e. The standard InChI is InChI=1S/C6H8S/c1-4-5-6(2)7-3/h1,5H,2-3H3. The molecule has 0 aliphatic rings. The lowest BCUT2D eigenvalue weighted by Gasteiger charge is -1.84. The van der Waals surface area contributed by atoms with Gasteiger partial charge in [-0.05, 0) is 24.2 Å². The van der Waals surface area contributed by atoms with E-state index in [0.29, 0.717) is 0 Å². The molecule has 0 aromatic carbocycles. The molecule has 0 rings (SSSR count). The summed E-state index contributed by atoms with van der Waals surface area (Å²) in [5.41, 5.74) is 0. The van der Waals surface area contributed by atoms with E-state index in [4.69, 9.17) is 6.42 Å². The quantitative estimate of drug-likeness (QED) is 0.467. The fourth-order valence-corrected chi connectivity index (χ4v) is 0.362. The van der Waals surface area contributed by atoms with Crippen LogP contribution in [0.4, 0.5) is 0 Å². The first-order chi connectivity index (χ1) is 3.31. The fraction of sp³-hybridized carbons (Fsp3) is 0.333. The third-order valence-corrected chi connectivity index (χ3v) is 1.37. The van der Waals surface area contributed by atoms with E-state index < -0.39 is 0 Å². The van der Waals surface area contributed by atoms with E-state index in [1.54, 1.807) is 17.8 Å². The van der Waals surface area contributed by atoms with Gasteiger partial charge in [-0.2, -0.15) is 0 Å². The van der Waals surface area contributed by atoms with Crippen LogP contribution in [0, 0.1) is 12.3 Å². The zero-order valence-corrected chi connectivity index (χ0v) is 5.38. The summed E-state index contributed by atoms with van der Waals surface area (Å²) in [5.74, 6) is 2.44. The first-order valence-corrected chi connectivity index (χ1v) is 3.20. The fourth-order valence-electron chi connectivity index (χ4n) is 0.176. The van der Waals surface area contributed by atoms with Gasteiger partial charge in [0, 0.05) is 0 Å². The molecule has 0 saturated carbocycles. The SMILES string of the molecule is C#CC=C(C)SC. The van der Waals surface area contributed by atoms with Crippen LogP contribution in [0.2, 0.25) is 0 Å². The Hall–Kier alpha value is -0.350. The lowest BCUT2D eigenvalue weighted by atomic mass is 10.5. The molecule has 0 spiro atoms. The maximum atomic E-state index is 4.97. The Kier molecular flexibility index (Phi) is 3.64. The van der Waals surface area contributed by atoms with E-state index in [9.17, 15) is 0 Å². The Morgan fingerprint density at radius 2 is 2.43 bits per heavy atom. The smallest absolute Gasteiger partial charge is 0.00292 e. The third kappa shape index (κ3) is 3.48. The number of thioether (sulfide) groups is 1. The Morgan fingerprint density at radius 1 is 1.86 bits per heavy atom. The van der Waals surface area contributed by atoms with Gasteiger partial charge in [0.25, 0.3) is 0 Å². The summed E-state index contributed by atoms with van der Waals surface area (Å²) < 4.78 is 0. The van der Waals surface area contributed by atoms with E-state index in [-0.39, 0.29) is 0 Å². The van der Waals surface area contributed by atoms with E-state index in [2.05, 4.69) is 5.92 Å². The first-order valence-electron chi connectivity index (χ1n) is 1.98. The van der Waals surface area contributed by atoms with E-state index in [0.717, 1.165) is 0 Å². The molecule has 0 saturated heterocycles. The van der Waals surface area contributed by atoms with Crippen molar-refractivity contribution in [2.75, 3.05) is 6.26 Å². The molecule has 0 fully saturated rings. The number of rotatable bonds is 1. The van der Waals surface area contributed by atoms with Crippen molar-refractivity contribution in [3.8, 4) is 12.3 Å². The molecule has 0 aliphatic heterocycles. The van der Waals surface area contributed by atoms with E-state index in [1.807, 2.05) is 13.2 Å². The summed E-state index contributed by atoms with van der Waals surface area (Å²) in [6.07, 6.45) is 8.72. The molecule has 0 aromatic heterocycles. The molecule has 0 heterocycles. The highest BCUT2D eigenvalue weighted by Crippen LogP contribution is 2.07. The van der Waals surface area contributed by atoms with Crippen LogP contribution in [0.5, 0.6) is 0 Å². The van der Waals surface area contributed by atoms with Crippen molar-refractivity contribution in [2.45, 2.75) is 6.92 Å².